The van der Waals surface area contributed by atoms with E-state index in [0.29, 0.717) is 10.9 Å². The Morgan fingerprint density at radius 3 is 2.86 bits per heavy atom. The first-order chi connectivity index (χ1) is 10.6. The fourth-order valence-corrected chi connectivity index (χ4v) is 2.05. The summed E-state index contributed by atoms with van der Waals surface area (Å²) in [5.41, 5.74) is 0.926. The van der Waals surface area contributed by atoms with E-state index in [1.54, 1.807) is 26.1 Å². The topological polar surface area (TPSA) is 88.2 Å². The lowest BCUT2D eigenvalue weighted by molar-refractivity contribution is -0.143. The maximum absolute atomic E-state index is 11.7. The summed E-state index contributed by atoms with van der Waals surface area (Å²) in [6.45, 7) is 1.90. The summed E-state index contributed by atoms with van der Waals surface area (Å²) in [6.07, 6.45) is 0. The van der Waals surface area contributed by atoms with E-state index >= 15 is 0 Å². The highest BCUT2D eigenvalue weighted by Gasteiger charge is 2.18. The number of aromatic hydroxyl groups is 1. The van der Waals surface area contributed by atoms with Gasteiger partial charge in [-0.2, -0.15) is 0 Å². The van der Waals surface area contributed by atoms with E-state index < -0.39 is 5.97 Å². The molecule has 0 aliphatic heterocycles. The van der Waals surface area contributed by atoms with Crippen molar-refractivity contribution in [1.82, 2.24) is 9.88 Å². The van der Waals surface area contributed by atoms with Crippen LogP contribution in [-0.4, -0.2) is 34.4 Å². The van der Waals surface area contributed by atoms with Gasteiger partial charge in [0.05, 0.1) is 12.1 Å². The zero-order chi connectivity index (χ0) is 16.1. The van der Waals surface area contributed by atoms with Gasteiger partial charge >= 0.3 is 5.97 Å². The van der Waals surface area contributed by atoms with Crippen molar-refractivity contribution in [3.63, 3.8) is 0 Å². The molecule has 0 saturated carbocycles. The fourth-order valence-electron chi connectivity index (χ4n) is 2.01. The Labute approximate surface area is 132 Å². The smallest absolute Gasteiger partial charge is 0.326 e. The van der Waals surface area contributed by atoms with Gasteiger partial charge in [0.1, 0.15) is 6.54 Å². The third kappa shape index (κ3) is 3.22. The van der Waals surface area contributed by atoms with Crippen LogP contribution >= 0.6 is 12.2 Å². The molecule has 0 spiro atoms. The average Bonchev–Trinajstić information content (AvgIpc) is 2.78. The van der Waals surface area contributed by atoms with E-state index in [2.05, 4.69) is 15.5 Å². The molecular formula is C14H16N4O3S. The molecule has 0 unspecified atom stereocenters. The zero-order valence-corrected chi connectivity index (χ0v) is 13.1. The predicted molar refractivity (Wildman–Crippen MR) is 86.4 cm³/mol. The largest absolute Gasteiger partial charge is 0.493 e. The van der Waals surface area contributed by atoms with Crippen LogP contribution in [0.25, 0.3) is 10.9 Å². The summed E-state index contributed by atoms with van der Waals surface area (Å²) < 4.78 is 6.35. The van der Waals surface area contributed by atoms with Crippen LogP contribution in [-0.2, 0) is 16.1 Å². The number of azo groups is 1. The predicted octanol–water partition coefficient (Wildman–Crippen LogP) is 2.50. The first-order valence-electron chi connectivity index (χ1n) is 6.67. The number of nitrogens with one attached hydrogen (secondary N) is 1. The normalized spacial score (nSPS) is 11.0. The van der Waals surface area contributed by atoms with Crippen molar-refractivity contribution in [2.75, 3.05) is 13.7 Å². The van der Waals surface area contributed by atoms with Gasteiger partial charge in [0.2, 0.25) is 11.0 Å². The quantitative estimate of drug-likeness (QED) is 0.513. The number of carbonyl (C=O) groups excluding carboxylic acids is 1. The number of carbonyl (C=O) groups is 1. The maximum atomic E-state index is 11.7. The SMILES string of the molecule is CCOC(=O)Cn1c(O)c(N=NC(=S)NC)c2ccccc21. The van der Waals surface area contributed by atoms with Crippen LogP contribution < -0.4 is 5.32 Å². The monoisotopic (exact) mass is 320 g/mol. The Morgan fingerprint density at radius 2 is 2.18 bits per heavy atom. The van der Waals surface area contributed by atoms with Crippen LogP contribution in [0.3, 0.4) is 0 Å². The number of benzene rings is 1. The molecule has 0 bridgehead atoms. The molecule has 8 heteroatoms. The molecule has 2 N–H and O–H groups in total. The fraction of sp³-hybridized carbons (Fsp3) is 0.286. The minimum absolute atomic E-state index is 0.105. The Hall–Kier alpha value is -2.48. The van der Waals surface area contributed by atoms with E-state index in [1.807, 2.05) is 12.1 Å². The van der Waals surface area contributed by atoms with Gasteiger partial charge in [-0.1, -0.05) is 18.2 Å². The second-order valence-electron chi connectivity index (χ2n) is 4.34. The number of hydrogen-bond acceptors (Lipinski definition) is 5. The molecule has 0 radical (unpaired) electrons. The van der Waals surface area contributed by atoms with E-state index in [-0.39, 0.29) is 29.8 Å². The van der Waals surface area contributed by atoms with Crippen LogP contribution in [0, 0.1) is 0 Å². The third-order valence-electron chi connectivity index (χ3n) is 2.96. The lowest BCUT2D eigenvalue weighted by atomic mass is 10.2. The number of esters is 1. The Bertz CT molecular complexity index is 739. The molecule has 22 heavy (non-hydrogen) atoms. The summed E-state index contributed by atoms with van der Waals surface area (Å²) in [5.74, 6) is -0.593. The van der Waals surface area contributed by atoms with Gasteiger partial charge in [-0.05, 0) is 25.2 Å². The lowest BCUT2D eigenvalue weighted by Gasteiger charge is -2.06. The molecule has 0 aliphatic carbocycles. The first-order valence-corrected chi connectivity index (χ1v) is 7.08. The summed E-state index contributed by atoms with van der Waals surface area (Å²) in [5, 5.41) is 21.7. The van der Waals surface area contributed by atoms with E-state index in [1.165, 1.54) is 4.57 Å². The van der Waals surface area contributed by atoms with Crippen LogP contribution in [0.4, 0.5) is 5.69 Å². The van der Waals surface area contributed by atoms with Gasteiger partial charge in [0, 0.05) is 12.4 Å². The number of thiocarbonyl (C=S) groups is 1. The van der Waals surface area contributed by atoms with Gasteiger partial charge < -0.3 is 15.2 Å². The standard InChI is InChI=1S/C14H16N4O3S/c1-3-21-11(19)8-18-10-7-5-4-6-9(10)12(13(18)20)16-17-14(22)15-2/h4-7,20H,3,8H2,1-2H3,(H,15,22). The molecule has 0 fully saturated rings. The van der Waals surface area contributed by atoms with Gasteiger partial charge in [0.25, 0.3) is 0 Å². The second kappa shape index (κ2) is 6.99. The van der Waals surface area contributed by atoms with Crippen molar-refractivity contribution in [3.8, 4) is 5.88 Å². The van der Waals surface area contributed by atoms with E-state index in [0.717, 1.165) is 0 Å². The highest BCUT2D eigenvalue weighted by Crippen LogP contribution is 2.38. The van der Waals surface area contributed by atoms with Gasteiger partial charge in [0.15, 0.2) is 5.69 Å². The number of ether oxygens (including phenoxy) is 1. The summed E-state index contributed by atoms with van der Waals surface area (Å²) >= 11 is 4.90. The molecular weight excluding hydrogens is 304 g/mol. The van der Waals surface area contributed by atoms with Crippen LogP contribution in [0.15, 0.2) is 34.5 Å². The van der Waals surface area contributed by atoms with Gasteiger partial charge in [-0.15, -0.1) is 10.2 Å². The number of nitrogens with zero attached hydrogens (tertiary/aromatic N) is 3. The number of para-hydroxylation sites is 1. The molecule has 0 amide bonds. The number of fused-ring (bicyclic) bond motifs is 1. The minimum Gasteiger partial charge on any atom is -0.493 e. The highest BCUT2D eigenvalue weighted by atomic mass is 32.1. The summed E-state index contributed by atoms with van der Waals surface area (Å²) in [4.78, 5) is 11.7. The number of aromatic nitrogens is 1. The Kier molecular flexibility index (Phi) is 5.05. The van der Waals surface area contributed by atoms with Crippen molar-refractivity contribution in [3.05, 3.63) is 24.3 Å². The Balaban J connectivity index is 2.49. The molecule has 2 rings (SSSR count). The molecule has 0 saturated heterocycles. The molecule has 1 heterocycles. The maximum Gasteiger partial charge on any atom is 0.326 e. The molecule has 2 aromatic rings. The molecule has 116 valence electrons. The first kappa shape index (κ1) is 15.9. The third-order valence-corrected chi connectivity index (χ3v) is 3.25. The summed E-state index contributed by atoms with van der Waals surface area (Å²) in [6, 6.07) is 7.19. The van der Waals surface area contributed by atoms with Gasteiger partial charge in [-0.3, -0.25) is 9.36 Å². The average molecular weight is 320 g/mol. The number of rotatable bonds is 4. The van der Waals surface area contributed by atoms with Crippen molar-refractivity contribution in [2.45, 2.75) is 13.5 Å². The van der Waals surface area contributed by atoms with Crippen molar-refractivity contribution >= 4 is 39.9 Å². The van der Waals surface area contributed by atoms with Crippen molar-refractivity contribution < 1.29 is 14.6 Å². The molecule has 1 aromatic carbocycles. The zero-order valence-electron chi connectivity index (χ0n) is 12.2. The molecule has 7 nitrogen and oxygen atoms in total. The van der Waals surface area contributed by atoms with Crippen molar-refractivity contribution in [1.29, 1.82) is 0 Å². The van der Waals surface area contributed by atoms with Crippen LogP contribution in [0.2, 0.25) is 0 Å². The lowest BCUT2D eigenvalue weighted by Crippen LogP contribution is -2.12. The van der Waals surface area contributed by atoms with Gasteiger partial charge in [-0.25, -0.2) is 0 Å². The van der Waals surface area contributed by atoms with Crippen LogP contribution in [0.5, 0.6) is 5.88 Å². The Morgan fingerprint density at radius 1 is 1.45 bits per heavy atom. The van der Waals surface area contributed by atoms with Crippen molar-refractivity contribution in [2.24, 2.45) is 10.2 Å². The van der Waals surface area contributed by atoms with E-state index in [9.17, 15) is 9.90 Å². The van der Waals surface area contributed by atoms with Crippen LogP contribution in [0.1, 0.15) is 6.92 Å². The van der Waals surface area contributed by atoms with E-state index in [4.69, 9.17) is 17.0 Å². The number of hydrogen-bond donors (Lipinski definition) is 2. The molecule has 1 aromatic heterocycles. The second-order valence-corrected chi connectivity index (χ2v) is 4.72. The molecule has 0 atom stereocenters. The minimum atomic E-state index is -0.437. The molecule has 0 aliphatic rings. The highest BCUT2D eigenvalue weighted by molar-refractivity contribution is 7.80. The summed E-state index contributed by atoms with van der Waals surface area (Å²) in [7, 11) is 1.63.